The van der Waals surface area contributed by atoms with Crippen LogP contribution >= 0.6 is 0 Å². The van der Waals surface area contributed by atoms with Crippen LogP contribution in [-0.4, -0.2) is 30.4 Å². The quantitative estimate of drug-likeness (QED) is 0.669. The van der Waals surface area contributed by atoms with E-state index in [0.717, 1.165) is 0 Å². The topological polar surface area (TPSA) is 102 Å². The van der Waals surface area contributed by atoms with Gasteiger partial charge < -0.3 is 16.4 Å². The van der Waals surface area contributed by atoms with E-state index in [1.54, 1.807) is 18.0 Å². The zero-order chi connectivity index (χ0) is 11.4. The van der Waals surface area contributed by atoms with Crippen molar-refractivity contribution < 1.29 is 9.59 Å². The van der Waals surface area contributed by atoms with Gasteiger partial charge in [-0.2, -0.15) is 0 Å². The van der Waals surface area contributed by atoms with E-state index in [9.17, 15) is 9.59 Å². The number of likely N-dealkylation sites (N-methyl/N-ethyl adjacent to an activating group) is 1. The van der Waals surface area contributed by atoms with Gasteiger partial charge in [0.1, 0.15) is 5.69 Å². The Kier molecular flexibility index (Phi) is 3.22. The van der Waals surface area contributed by atoms with Crippen molar-refractivity contribution >= 4 is 17.5 Å². The molecule has 4 N–H and O–H groups in total. The van der Waals surface area contributed by atoms with Crippen LogP contribution in [0.15, 0.2) is 18.3 Å². The minimum Gasteiger partial charge on any atom is -0.368 e. The molecular weight excluding hydrogens is 196 g/mol. The molecule has 0 fully saturated rings. The molecule has 1 aromatic heterocycles. The molecule has 0 atom stereocenters. The molecule has 0 aliphatic carbocycles. The second-order valence-electron chi connectivity index (χ2n) is 3.09. The highest BCUT2D eigenvalue weighted by molar-refractivity contribution is 5.91. The molecule has 15 heavy (non-hydrogen) atoms. The van der Waals surface area contributed by atoms with E-state index in [1.807, 2.05) is 0 Å². The first-order valence-corrected chi connectivity index (χ1v) is 4.26. The number of rotatable bonds is 4. The number of pyridine rings is 1. The largest absolute Gasteiger partial charge is 0.368 e. The van der Waals surface area contributed by atoms with E-state index in [0.29, 0.717) is 5.69 Å². The SMILES string of the molecule is CN(CC(N)=O)c1ccnc(C(N)=O)c1. The number of nitrogens with two attached hydrogens (primary N) is 2. The van der Waals surface area contributed by atoms with Crippen molar-refractivity contribution in [2.24, 2.45) is 11.5 Å². The van der Waals surface area contributed by atoms with Crippen molar-refractivity contribution in [3.8, 4) is 0 Å². The molecule has 0 spiro atoms. The Morgan fingerprint density at radius 3 is 2.67 bits per heavy atom. The first-order valence-electron chi connectivity index (χ1n) is 4.26. The third kappa shape index (κ3) is 2.94. The summed E-state index contributed by atoms with van der Waals surface area (Å²) in [5.74, 6) is -1.06. The number of carbonyl (C=O) groups excluding carboxylic acids is 2. The van der Waals surface area contributed by atoms with Gasteiger partial charge >= 0.3 is 0 Å². The van der Waals surface area contributed by atoms with Gasteiger partial charge in [0.05, 0.1) is 6.54 Å². The average Bonchev–Trinajstić information content (AvgIpc) is 2.17. The van der Waals surface area contributed by atoms with Crippen LogP contribution in [-0.2, 0) is 4.79 Å². The summed E-state index contributed by atoms with van der Waals surface area (Å²) in [6.45, 7) is 0.0716. The molecule has 1 heterocycles. The number of hydrogen-bond acceptors (Lipinski definition) is 4. The molecule has 80 valence electrons. The van der Waals surface area contributed by atoms with Gasteiger partial charge in [-0.1, -0.05) is 0 Å². The fourth-order valence-electron chi connectivity index (χ4n) is 1.12. The molecule has 0 aromatic carbocycles. The third-order valence-corrected chi connectivity index (χ3v) is 1.83. The fraction of sp³-hybridized carbons (Fsp3) is 0.222. The van der Waals surface area contributed by atoms with E-state index < -0.39 is 11.8 Å². The first kappa shape index (κ1) is 11.0. The monoisotopic (exact) mass is 208 g/mol. The Hall–Kier alpha value is -2.11. The minimum absolute atomic E-state index is 0.0716. The predicted molar refractivity (Wildman–Crippen MR) is 55.2 cm³/mol. The molecule has 1 aromatic rings. The molecule has 2 amide bonds. The lowest BCUT2D eigenvalue weighted by Gasteiger charge is -2.17. The first-order chi connectivity index (χ1) is 7.00. The number of hydrogen-bond donors (Lipinski definition) is 2. The summed E-state index contributed by atoms with van der Waals surface area (Å²) in [5, 5.41) is 0. The molecule has 0 saturated heterocycles. The van der Waals surface area contributed by atoms with E-state index in [2.05, 4.69) is 4.98 Å². The standard InChI is InChI=1S/C9H12N4O2/c1-13(5-8(10)14)6-2-3-12-7(4-6)9(11)15/h2-4H,5H2,1H3,(H2,10,14)(H2,11,15). The maximum atomic E-state index is 10.8. The van der Waals surface area contributed by atoms with E-state index >= 15 is 0 Å². The molecule has 0 radical (unpaired) electrons. The summed E-state index contributed by atoms with van der Waals surface area (Å²) in [6, 6.07) is 3.17. The van der Waals surface area contributed by atoms with Crippen molar-refractivity contribution in [3.05, 3.63) is 24.0 Å². The van der Waals surface area contributed by atoms with Gasteiger partial charge in [0.15, 0.2) is 0 Å². The second-order valence-corrected chi connectivity index (χ2v) is 3.09. The zero-order valence-electron chi connectivity index (χ0n) is 8.30. The summed E-state index contributed by atoms with van der Waals surface area (Å²) in [7, 11) is 1.69. The molecule has 6 nitrogen and oxygen atoms in total. The molecule has 0 saturated carbocycles. The minimum atomic E-state index is -0.607. The van der Waals surface area contributed by atoms with Crippen LogP contribution in [0.25, 0.3) is 0 Å². The van der Waals surface area contributed by atoms with Crippen LogP contribution in [0.1, 0.15) is 10.5 Å². The summed E-state index contributed by atoms with van der Waals surface area (Å²) in [4.78, 5) is 26.9. The maximum Gasteiger partial charge on any atom is 0.267 e. The Balaban J connectivity index is 2.89. The lowest BCUT2D eigenvalue weighted by Crippen LogP contribution is -2.30. The summed E-state index contributed by atoms with van der Waals surface area (Å²) in [6.07, 6.45) is 1.45. The third-order valence-electron chi connectivity index (χ3n) is 1.83. The van der Waals surface area contributed by atoms with Crippen LogP contribution in [0.2, 0.25) is 0 Å². The summed E-state index contributed by atoms with van der Waals surface area (Å²) < 4.78 is 0. The van der Waals surface area contributed by atoms with Crippen molar-refractivity contribution in [1.29, 1.82) is 0 Å². The maximum absolute atomic E-state index is 10.8. The lowest BCUT2D eigenvalue weighted by molar-refractivity contribution is -0.116. The Bertz CT molecular complexity index is 391. The molecule has 0 aliphatic heterocycles. The summed E-state index contributed by atoms with van der Waals surface area (Å²) in [5.41, 5.74) is 10.9. The molecular formula is C9H12N4O2. The molecule has 0 aliphatic rings. The normalized spacial score (nSPS) is 9.67. The number of primary amides is 2. The smallest absolute Gasteiger partial charge is 0.267 e. The molecule has 0 unspecified atom stereocenters. The van der Waals surface area contributed by atoms with Gasteiger partial charge in [0.25, 0.3) is 5.91 Å². The van der Waals surface area contributed by atoms with E-state index in [1.165, 1.54) is 12.3 Å². The molecule has 1 rings (SSSR count). The van der Waals surface area contributed by atoms with Crippen molar-refractivity contribution in [3.63, 3.8) is 0 Å². The number of aromatic nitrogens is 1. The van der Waals surface area contributed by atoms with E-state index in [-0.39, 0.29) is 12.2 Å². The Morgan fingerprint density at radius 2 is 2.13 bits per heavy atom. The summed E-state index contributed by atoms with van der Waals surface area (Å²) >= 11 is 0. The van der Waals surface area contributed by atoms with Gasteiger partial charge in [-0.25, -0.2) is 0 Å². The lowest BCUT2D eigenvalue weighted by atomic mass is 10.3. The second kappa shape index (κ2) is 4.41. The van der Waals surface area contributed by atoms with Crippen molar-refractivity contribution in [1.82, 2.24) is 4.98 Å². The highest BCUT2D eigenvalue weighted by Gasteiger charge is 2.07. The van der Waals surface area contributed by atoms with Crippen LogP contribution in [0, 0.1) is 0 Å². The number of nitrogens with zero attached hydrogens (tertiary/aromatic N) is 2. The average molecular weight is 208 g/mol. The van der Waals surface area contributed by atoms with Gasteiger partial charge in [-0.3, -0.25) is 14.6 Å². The van der Waals surface area contributed by atoms with Crippen molar-refractivity contribution in [2.75, 3.05) is 18.5 Å². The number of anilines is 1. The molecule has 0 bridgehead atoms. The van der Waals surface area contributed by atoms with Crippen LogP contribution in [0.5, 0.6) is 0 Å². The zero-order valence-corrected chi connectivity index (χ0v) is 8.30. The van der Waals surface area contributed by atoms with E-state index in [4.69, 9.17) is 11.5 Å². The molecule has 6 heteroatoms. The van der Waals surface area contributed by atoms with Crippen molar-refractivity contribution in [2.45, 2.75) is 0 Å². The highest BCUT2D eigenvalue weighted by Crippen LogP contribution is 2.11. The Morgan fingerprint density at radius 1 is 1.47 bits per heavy atom. The predicted octanol–water partition coefficient (Wildman–Crippen LogP) is -0.898. The van der Waals surface area contributed by atoms with Crippen LogP contribution < -0.4 is 16.4 Å². The number of carbonyl (C=O) groups is 2. The highest BCUT2D eigenvalue weighted by atomic mass is 16.1. The van der Waals surface area contributed by atoms with Gasteiger partial charge in [0.2, 0.25) is 5.91 Å². The van der Waals surface area contributed by atoms with Gasteiger partial charge in [-0.15, -0.1) is 0 Å². The Labute approximate surface area is 86.9 Å². The van der Waals surface area contributed by atoms with Gasteiger partial charge in [0, 0.05) is 18.9 Å². The van der Waals surface area contributed by atoms with Crippen LogP contribution in [0.4, 0.5) is 5.69 Å². The van der Waals surface area contributed by atoms with Crippen LogP contribution in [0.3, 0.4) is 0 Å². The number of amides is 2. The van der Waals surface area contributed by atoms with Gasteiger partial charge in [-0.05, 0) is 12.1 Å². The fourth-order valence-corrected chi connectivity index (χ4v) is 1.12.